The van der Waals surface area contributed by atoms with Crippen LogP contribution in [0.15, 0.2) is 36.4 Å². The fourth-order valence-corrected chi connectivity index (χ4v) is 2.79. The maximum absolute atomic E-state index is 13.7. The molecule has 0 unspecified atom stereocenters. The van der Waals surface area contributed by atoms with Gasteiger partial charge in [-0.1, -0.05) is 0 Å². The third-order valence-electron chi connectivity index (χ3n) is 3.88. The lowest BCUT2D eigenvalue weighted by Crippen LogP contribution is -2.12. The molecule has 7 heteroatoms. The lowest BCUT2D eigenvalue weighted by Gasteiger charge is -2.05. The highest BCUT2D eigenvalue weighted by Gasteiger charge is 2.19. The summed E-state index contributed by atoms with van der Waals surface area (Å²) >= 11 is 0. The number of nitrogens with one attached hydrogen (secondary N) is 3. The number of hydrogen-bond acceptors (Lipinski definition) is 2. The Kier molecular flexibility index (Phi) is 3.09. The quantitative estimate of drug-likeness (QED) is 0.676. The van der Waals surface area contributed by atoms with Gasteiger partial charge in [-0.05, 0) is 35.9 Å². The first-order chi connectivity index (χ1) is 11.5. The maximum atomic E-state index is 13.7. The molecule has 2 amide bonds. The van der Waals surface area contributed by atoms with Crippen LogP contribution in [0.5, 0.6) is 0 Å². The van der Waals surface area contributed by atoms with E-state index in [1.54, 1.807) is 18.2 Å². The largest absolute Gasteiger partial charge is 0.348 e. The molecule has 2 heterocycles. The third kappa shape index (κ3) is 2.40. The molecule has 0 spiro atoms. The Morgan fingerprint density at radius 1 is 1.12 bits per heavy atom. The molecular formula is C17H11F2N3O2. The summed E-state index contributed by atoms with van der Waals surface area (Å²) in [5, 5.41) is 5.66. The van der Waals surface area contributed by atoms with Gasteiger partial charge >= 0.3 is 0 Å². The van der Waals surface area contributed by atoms with Gasteiger partial charge in [0.15, 0.2) is 0 Å². The number of benzene rings is 2. The van der Waals surface area contributed by atoms with E-state index < -0.39 is 17.5 Å². The van der Waals surface area contributed by atoms with Gasteiger partial charge in [0.2, 0.25) is 5.91 Å². The second kappa shape index (κ2) is 5.16. The van der Waals surface area contributed by atoms with E-state index in [0.717, 1.165) is 23.4 Å². The highest BCUT2D eigenvalue weighted by molar-refractivity contribution is 6.06. The summed E-state index contributed by atoms with van der Waals surface area (Å²) in [6, 6.07) is 8.36. The van der Waals surface area contributed by atoms with Crippen LogP contribution in [0.3, 0.4) is 0 Å². The van der Waals surface area contributed by atoms with Crippen molar-refractivity contribution >= 4 is 34.1 Å². The Morgan fingerprint density at radius 3 is 2.79 bits per heavy atom. The number of anilines is 2. The Hall–Kier alpha value is -3.22. The Bertz CT molecular complexity index is 1010. The first-order valence-corrected chi connectivity index (χ1v) is 7.21. The van der Waals surface area contributed by atoms with Gasteiger partial charge in [0, 0.05) is 22.8 Å². The van der Waals surface area contributed by atoms with Gasteiger partial charge in [0.05, 0.1) is 11.9 Å². The number of rotatable bonds is 2. The molecule has 0 radical (unpaired) electrons. The van der Waals surface area contributed by atoms with Gasteiger partial charge in [0.25, 0.3) is 5.91 Å². The molecule has 3 N–H and O–H groups in total. The first kappa shape index (κ1) is 14.4. The highest BCUT2D eigenvalue weighted by atomic mass is 19.1. The van der Waals surface area contributed by atoms with Crippen molar-refractivity contribution in [3.8, 4) is 0 Å². The smallest absolute Gasteiger partial charge is 0.272 e. The van der Waals surface area contributed by atoms with Crippen LogP contribution in [0.25, 0.3) is 10.9 Å². The number of hydrogen-bond donors (Lipinski definition) is 3. The summed E-state index contributed by atoms with van der Waals surface area (Å²) < 4.78 is 26.9. The molecule has 0 fully saturated rings. The molecule has 0 aliphatic carbocycles. The van der Waals surface area contributed by atoms with Gasteiger partial charge < -0.3 is 15.6 Å². The second-order valence-corrected chi connectivity index (χ2v) is 5.59. The monoisotopic (exact) mass is 327 g/mol. The van der Waals surface area contributed by atoms with E-state index in [9.17, 15) is 18.4 Å². The van der Waals surface area contributed by atoms with Crippen molar-refractivity contribution in [2.24, 2.45) is 0 Å². The second-order valence-electron chi connectivity index (χ2n) is 5.59. The zero-order chi connectivity index (χ0) is 16.8. The molecule has 2 aromatic carbocycles. The van der Waals surface area contributed by atoms with Crippen LogP contribution in [0.1, 0.15) is 16.1 Å². The van der Waals surface area contributed by atoms with E-state index in [1.165, 1.54) is 6.07 Å². The molecule has 0 bridgehead atoms. The maximum Gasteiger partial charge on any atom is 0.272 e. The molecule has 1 aliphatic rings. The highest BCUT2D eigenvalue weighted by Crippen LogP contribution is 2.26. The molecule has 0 atom stereocenters. The number of aromatic nitrogens is 1. The van der Waals surface area contributed by atoms with Crippen molar-refractivity contribution < 1.29 is 18.4 Å². The zero-order valence-corrected chi connectivity index (χ0v) is 12.2. The minimum absolute atomic E-state index is 0.0744. The fourth-order valence-electron chi connectivity index (χ4n) is 2.79. The summed E-state index contributed by atoms with van der Waals surface area (Å²) in [7, 11) is 0. The fraction of sp³-hybridized carbons (Fsp3) is 0.0588. The predicted molar refractivity (Wildman–Crippen MR) is 84.9 cm³/mol. The summed E-state index contributed by atoms with van der Waals surface area (Å²) in [5.74, 6) is -2.04. The van der Waals surface area contributed by atoms with Gasteiger partial charge in [-0.2, -0.15) is 0 Å². The normalized spacial score (nSPS) is 13.0. The van der Waals surface area contributed by atoms with E-state index >= 15 is 0 Å². The van der Waals surface area contributed by atoms with Crippen molar-refractivity contribution in [2.45, 2.75) is 6.42 Å². The number of aromatic amines is 1. The molecule has 0 saturated heterocycles. The number of halogens is 2. The Morgan fingerprint density at radius 2 is 1.96 bits per heavy atom. The minimum Gasteiger partial charge on any atom is -0.348 e. The first-order valence-electron chi connectivity index (χ1n) is 7.21. The van der Waals surface area contributed by atoms with Crippen molar-refractivity contribution in [1.29, 1.82) is 0 Å². The van der Waals surface area contributed by atoms with Gasteiger partial charge in [-0.3, -0.25) is 9.59 Å². The van der Waals surface area contributed by atoms with Crippen LogP contribution in [0, 0.1) is 11.6 Å². The van der Waals surface area contributed by atoms with Gasteiger partial charge in [0.1, 0.15) is 17.3 Å². The summed E-state index contributed by atoms with van der Waals surface area (Å²) in [5.41, 5.74) is 2.22. The lowest BCUT2D eigenvalue weighted by molar-refractivity contribution is -0.115. The van der Waals surface area contributed by atoms with E-state index in [-0.39, 0.29) is 28.9 Å². The molecule has 5 nitrogen and oxygen atoms in total. The van der Waals surface area contributed by atoms with E-state index in [1.807, 2.05) is 0 Å². The molecule has 24 heavy (non-hydrogen) atoms. The van der Waals surface area contributed by atoms with Crippen molar-refractivity contribution in [2.75, 3.05) is 10.6 Å². The summed E-state index contributed by atoms with van der Waals surface area (Å²) in [6.45, 7) is 0. The number of fused-ring (bicyclic) bond motifs is 2. The molecular weight excluding hydrogens is 316 g/mol. The van der Waals surface area contributed by atoms with Crippen LogP contribution in [-0.4, -0.2) is 16.8 Å². The topological polar surface area (TPSA) is 74.0 Å². The molecule has 1 aliphatic heterocycles. The Balaban J connectivity index is 1.62. The molecule has 1 aromatic heterocycles. The van der Waals surface area contributed by atoms with Crippen LogP contribution in [0.2, 0.25) is 0 Å². The standard InChI is InChI=1S/C17H11F2N3O2/c18-10-3-9-5-14(22-16(9)12(19)7-10)17(24)20-11-1-2-13-8(4-11)6-15(23)21-13/h1-5,7,22H,6H2,(H,20,24)(H,21,23). The molecule has 3 aromatic rings. The lowest BCUT2D eigenvalue weighted by atomic mass is 10.1. The SMILES string of the molecule is O=C1Cc2cc(NC(=O)c3cc4cc(F)cc(F)c4[nH]3)ccc2N1. The minimum atomic E-state index is -0.758. The average Bonchev–Trinajstić information content (AvgIpc) is 3.09. The number of amides is 2. The van der Waals surface area contributed by atoms with Crippen LogP contribution in [0.4, 0.5) is 20.2 Å². The molecule has 120 valence electrons. The number of H-pyrrole nitrogens is 1. The number of carbonyl (C=O) groups is 2. The van der Waals surface area contributed by atoms with Gasteiger partial charge in [-0.15, -0.1) is 0 Å². The predicted octanol–water partition coefficient (Wildman–Crippen LogP) is 3.19. The zero-order valence-electron chi connectivity index (χ0n) is 12.2. The summed E-state index contributed by atoms with van der Waals surface area (Å²) in [4.78, 5) is 26.3. The van der Waals surface area contributed by atoms with E-state index in [0.29, 0.717) is 5.69 Å². The number of carbonyl (C=O) groups excluding carboxylic acids is 2. The molecule has 0 saturated carbocycles. The van der Waals surface area contributed by atoms with E-state index in [2.05, 4.69) is 15.6 Å². The van der Waals surface area contributed by atoms with Crippen LogP contribution < -0.4 is 10.6 Å². The molecule has 4 rings (SSSR count). The van der Waals surface area contributed by atoms with Gasteiger partial charge in [-0.25, -0.2) is 8.78 Å². The van der Waals surface area contributed by atoms with Crippen molar-refractivity contribution in [1.82, 2.24) is 4.98 Å². The van der Waals surface area contributed by atoms with Crippen molar-refractivity contribution in [3.63, 3.8) is 0 Å². The van der Waals surface area contributed by atoms with E-state index in [4.69, 9.17) is 0 Å². The Labute approximate surface area is 134 Å². The average molecular weight is 327 g/mol. The van der Waals surface area contributed by atoms with Crippen molar-refractivity contribution in [3.05, 3.63) is 59.3 Å². The van der Waals surface area contributed by atoms with Crippen LogP contribution >= 0.6 is 0 Å². The summed E-state index contributed by atoms with van der Waals surface area (Å²) in [6.07, 6.45) is 0.260. The van der Waals surface area contributed by atoms with Crippen LogP contribution in [-0.2, 0) is 11.2 Å². The third-order valence-corrected chi connectivity index (χ3v) is 3.88.